The van der Waals surface area contributed by atoms with Crippen molar-refractivity contribution in [3.05, 3.63) is 101 Å². The van der Waals surface area contributed by atoms with Crippen LogP contribution >= 0.6 is 15.9 Å². The fourth-order valence-corrected chi connectivity index (χ4v) is 6.89. The summed E-state index contributed by atoms with van der Waals surface area (Å²) in [6.45, 7) is 0.124. The van der Waals surface area contributed by atoms with Gasteiger partial charge in [-0.25, -0.2) is 4.90 Å². The van der Waals surface area contributed by atoms with Gasteiger partial charge in [0.2, 0.25) is 18.6 Å². The number of halogens is 1. The van der Waals surface area contributed by atoms with Gasteiger partial charge in [0.05, 0.1) is 23.4 Å². The lowest BCUT2D eigenvalue weighted by molar-refractivity contribution is -0.142. The molecule has 0 unspecified atom stereocenters. The third-order valence-corrected chi connectivity index (χ3v) is 8.88. The summed E-state index contributed by atoms with van der Waals surface area (Å²) in [4.78, 5) is 43.2. The van der Waals surface area contributed by atoms with Crippen molar-refractivity contribution in [1.29, 1.82) is 0 Å². The predicted octanol–water partition coefficient (Wildman–Crippen LogP) is 5.85. The lowest BCUT2D eigenvalue weighted by Gasteiger charge is -2.38. The fourth-order valence-electron chi connectivity index (χ4n) is 6.62. The minimum absolute atomic E-state index is 0.124. The Labute approximate surface area is 237 Å². The first-order chi connectivity index (χ1) is 19.5. The Balaban J connectivity index is 1.36. The van der Waals surface area contributed by atoms with Crippen molar-refractivity contribution < 1.29 is 28.6 Å². The maximum Gasteiger partial charge on any atom is 0.319 e. The van der Waals surface area contributed by atoms with E-state index in [1.807, 2.05) is 54.6 Å². The minimum Gasteiger partial charge on any atom is -0.454 e. The van der Waals surface area contributed by atoms with Gasteiger partial charge in [-0.15, -0.1) is 0 Å². The van der Waals surface area contributed by atoms with Crippen LogP contribution in [0, 0.1) is 17.8 Å². The molecule has 40 heavy (non-hydrogen) atoms. The summed E-state index contributed by atoms with van der Waals surface area (Å²) in [5, 5.41) is 1.92. The van der Waals surface area contributed by atoms with Gasteiger partial charge in [0.1, 0.15) is 5.75 Å². The monoisotopic (exact) mass is 593 g/mol. The van der Waals surface area contributed by atoms with Crippen LogP contribution < -0.4 is 19.1 Å². The number of esters is 1. The molecule has 3 aliphatic heterocycles. The van der Waals surface area contributed by atoms with E-state index in [2.05, 4.69) is 15.9 Å². The fraction of sp³-hybridized carbons (Fsp3) is 0.156. The first-order valence-electron chi connectivity index (χ1n) is 13.0. The molecule has 0 bridgehead atoms. The van der Waals surface area contributed by atoms with E-state index in [0.29, 0.717) is 28.5 Å². The Morgan fingerprint density at radius 1 is 0.775 bits per heavy atom. The third-order valence-electron chi connectivity index (χ3n) is 8.35. The third kappa shape index (κ3) is 3.26. The van der Waals surface area contributed by atoms with Crippen LogP contribution in [0.3, 0.4) is 0 Å². The van der Waals surface area contributed by atoms with Crippen LogP contribution in [0.2, 0.25) is 0 Å². The first kappa shape index (κ1) is 23.5. The molecule has 0 spiro atoms. The van der Waals surface area contributed by atoms with Crippen molar-refractivity contribution in [3.8, 4) is 17.2 Å². The van der Waals surface area contributed by atoms with Crippen molar-refractivity contribution in [3.63, 3.8) is 0 Å². The van der Waals surface area contributed by atoms with Gasteiger partial charge in [0.25, 0.3) is 0 Å². The average Bonchev–Trinajstić information content (AvgIpc) is 3.54. The van der Waals surface area contributed by atoms with E-state index in [-0.39, 0.29) is 12.7 Å². The van der Waals surface area contributed by atoms with Gasteiger partial charge >= 0.3 is 5.97 Å². The summed E-state index contributed by atoms with van der Waals surface area (Å²) < 4.78 is 17.8. The largest absolute Gasteiger partial charge is 0.454 e. The predicted molar refractivity (Wildman–Crippen MR) is 150 cm³/mol. The molecule has 4 aromatic carbocycles. The summed E-state index contributed by atoms with van der Waals surface area (Å²) in [6, 6.07) is 24.2. The van der Waals surface area contributed by atoms with Crippen LogP contribution in [0.25, 0.3) is 16.3 Å². The Kier molecular flexibility index (Phi) is 5.00. The normalized spacial score (nSPS) is 24.4. The standard InChI is InChI=1S/C32H20BrNO6/c33-18-7-9-19(10-8-18)34-30(35)27-21(17-6-11-23-25(13-17)39-15-38-23)14-22-26-20-4-2-1-3-16(20)5-12-24(26)40-32(37)28(22)29(27)31(34)36/h1-14,21,27-29H,15H2/t21-,27+,28-,29-/m1/s1. The minimum atomic E-state index is -0.925. The molecule has 0 radical (unpaired) electrons. The van der Waals surface area contributed by atoms with E-state index < -0.39 is 35.5 Å². The molecule has 0 aromatic heterocycles. The zero-order chi connectivity index (χ0) is 27.1. The number of hydrogen-bond donors (Lipinski definition) is 0. The lowest BCUT2D eigenvalue weighted by atomic mass is 9.64. The van der Waals surface area contributed by atoms with Gasteiger partial charge in [-0.05, 0) is 64.4 Å². The van der Waals surface area contributed by atoms with Crippen molar-refractivity contribution >= 4 is 55.7 Å². The van der Waals surface area contributed by atoms with E-state index in [1.54, 1.807) is 30.3 Å². The average molecular weight is 594 g/mol. The van der Waals surface area contributed by atoms with Crippen LogP contribution in [0.15, 0.2) is 89.4 Å². The molecule has 4 aliphatic rings. The van der Waals surface area contributed by atoms with Crippen molar-refractivity contribution in [2.45, 2.75) is 5.92 Å². The van der Waals surface area contributed by atoms with Gasteiger partial charge in [-0.3, -0.25) is 14.4 Å². The van der Waals surface area contributed by atoms with Crippen LogP contribution in [0.5, 0.6) is 17.2 Å². The van der Waals surface area contributed by atoms with Gasteiger partial charge in [0.15, 0.2) is 11.5 Å². The number of anilines is 1. The highest BCUT2D eigenvalue weighted by atomic mass is 79.9. The molecule has 196 valence electrons. The summed E-state index contributed by atoms with van der Waals surface area (Å²) >= 11 is 3.42. The summed E-state index contributed by atoms with van der Waals surface area (Å²) in [5.41, 5.74) is 2.78. The molecule has 4 atom stereocenters. The topological polar surface area (TPSA) is 82.1 Å². The Hall–Kier alpha value is -4.43. The first-order valence-corrected chi connectivity index (χ1v) is 13.8. The summed E-state index contributed by atoms with van der Waals surface area (Å²) in [5.74, 6) is -2.71. The zero-order valence-corrected chi connectivity index (χ0v) is 22.5. The lowest BCUT2D eigenvalue weighted by Crippen LogP contribution is -2.42. The molecular weight excluding hydrogens is 574 g/mol. The molecule has 1 saturated heterocycles. The number of nitrogens with zero attached hydrogens (tertiary/aromatic N) is 1. The van der Waals surface area contributed by atoms with Crippen LogP contribution in [0.1, 0.15) is 17.0 Å². The number of carbonyl (C=O) groups is 3. The number of carbonyl (C=O) groups excluding carboxylic acids is 3. The van der Waals surface area contributed by atoms with Crippen molar-refractivity contribution in [1.82, 2.24) is 0 Å². The molecule has 2 amide bonds. The van der Waals surface area contributed by atoms with Crippen LogP contribution in [-0.2, 0) is 14.4 Å². The van der Waals surface area contributed by atoms with Crippen molar-refractivity contribution in [2.75, 3.05) is 11.7 Å². The van der Waals surface area contributed by atoms with Crippen LogP contribution in [-0.4, -0.2) is 24.6 Å². The Bertz CT molecular complexity index is 1810. The van der Waals surface area contributed by atoms with Gasteiger partial charge in [-0.1, -0.05) is 58.4 Å². The highest BCUT2D eigenvalue weighted by Gasteiger charge is 2.60. The number of rotatable bonds is 2. The highest BCUT2D eigenvalue weighted by Crippen LogP contribution is 2.56. The molecule has 1 aliphatic carbocycles. The van der Waals surface area contributed by atoms with Gasteiger partial charge in [0, 0.05) is 16.0 Å². The number of benzene rings is 4. The summed E-state index contributed by atoms with van der Waals surface area (Å²) in [7, 11) is 0. The molecule has 0 saturated carbocycles. The Morgan fingerprint density at radius 3 is 2.38 bits per heavy atom. The Morgan fingerprint density at radius 2 is 1.52 bits per heavy atom. The van der Waals surface area contributed by atoms with E-state index in [9.17, 15) is 14.4 Å². The second-order valence-corrected chi connectivity index (χ2v) is 11.3. The summed E-state index contributed by atoms with van der Waals surface area (Å²) in [6.07, 6.45) is 1.99. The number of hydrogen-bond acceptors (Lipinski definition) is 6. The van der Waals surface area contributed by atoms with Gasteiger partial charge < -0.3 is 14.2 Å². The molecule has 3 heterocycles. The maximum absolute atomic E-state index is 14.2. The van der Waals surface area contributed by atoms with Gasteiger partial charge in [-0.2, -0.15) is 0 Å². The quantitative estimate of drug-likeness (QED) is 0.165. The number of amides is 2. The second-order valence-electron chi connectivity index (χ2n) is 10.4. The molecule has 4 aromatic rings. The molecular formula is C32H20BrNO6. The number of allylic oxidation sites excluding steroid dienone is 1. The number of imide groups is 1. The molecule has 1 fully saturated rings. The molecule has 7 nitrogen and oxygen atoms in total. The van der Waals surface area contributed by atoms with E-state index in [0.717, 1.165) is 26.4 Å². The number of ether oxygens (including phenoxy) is 3. The van der Waals surface area contributed by atoms with E-state index in [1.165, 1.54) is 4.90 Å². The second kappa shape index (κ2) is 8.53. The molecule has 8 heteroatoms. The highest BCUT2D eigenvalue weighted by molar-refractivity contribution is 9.10. The number of fused-ring (bicyclic) bond motifs is 8. The van der Waals surface area contributed by atoms with E-state index >= 15 is 0 Å². The SMILES string of the molecule is O=C1Oc2ccc3ccccc3c2C2=C[C@H](c3ccc4c(c3)OCO4)[C@@H]3C(=O)N(c4ccc(Br)cc4)C(=O)[C@H]3[C@H]12. The van der Waals surface area contributed by atoms with Crippen LogP contribution in [0.4, 0.5) is 5.69 Å². The molecule has 0 N–H and O–H groups in total. The molecule has 8 rings (SSSR count). The van der Waals surface area contributed by atoms with E-state index in [4.69, 9.17) is 14.2 Å². The smallest absolute Gasteiger partial charge is 0.319 e. The maximum atomic E-state index is 14.2. The zero-order valence-electron chi connectivity index (χ0n) is 20.9. The van der Waals surface area contributed by atoms with Crippen molar-refractivity contribution in [2.24, 2.45) is 17.8 Å².